The van der Waals surface area contributed by atoms with E-state index in [1.165, 1.54) is 0 Å². The normalized spacial score (nSPS) is 13.4. The molecule has 0 aliphatic carbocycles. The van der Waals surface area contributed by atoms with Gasteiger partial charge in [0, 0.05) is 6.54 Å². The number of primary amides is 1. The van der Waals surface area contributed by atoms with Crippen molar-refractivity contribution in [3.8, 4) is 0 Å². The Balaban J connectivity index is 4.78. The summed E-state index contributed by atoms with van der Waals surface area (Å²) >= 11 is 0. The summed E-state index contributed by atoms with van der Waals surface area (Å²) in [6.45, 7) is 3.47. The number of aliphatic carboxylic acids is 1. The molecule has 3 atom stereocenters. The van der Waals surface area contributed by atoms with Crippen LogP contribution in [-0.2, 0) is 24.0 Å². The lowest BCUT2D eigenvalue weighted by Gasteiger charge is -2.22. The number of guanidine groups is 1. The van der Waals surface area contributed by atoms with E-state index in [1.54, 1.807) is 13.8 Å². The van der Waals surface area contributed by atoms with Crippen molar-refractivity contribution in [2.45, 2.75) is 57.7 Å². The van der Waals surface area contributed by atoms with Crippen LogP contribution in [0.2, 0.25) is 0 Å². The molecule has 182 valence electrons. The van der Waals surface area contributed by atoms with Crippen LogP contribution in [0.15, 0.2) is 4.99 Å². The minimum Gasteiger partial charge on any atom is -0.480 e. The molecule has 14 nitrogen and oxygen atoms in total. The highest BCUT2D eigenvalue weighted by molar-refractivity contribution is 5.93. The van der Waals surface area contributed by atoms with E-state index in [-0.39, 0.29) is 18.3 Å². The maximum Gasteiger partial charge on any atom is 0.326 e. The number of hydrogen-bond acceptors (Lipinski definition) is 7. The molecule has 0 aromatic carbocycles. The molecule has 12 N–H and O–H groups in total. The maximum atomic E-state index is 12.5. The summed E-state index contributed by atoms with van der Waals surface area (Å²) in [5.41, 5.74) is 21.1. The zero-order valence-electron chi connectivity index (χ0n) is 18.3. The minimum atomic E-state index is -1.52. The molecule has 0 fully saturated rings. The molecular weight excluding hydrogens is 424 g/mol. The molecule has 32 heavy (non-hydrogen) atoms. The van der Waals surface area contributed by atoms with Gasteiger partial charge in [-0.2, -0.15) is 0 Å². The van der Waals surface area contributed by atoms with E-state index in [9.17, 15) is 24.0 Å². The predicted octanol–water partition coefficient (Wildman–Crippen LogP) is -3.54. The Morgan fingerprint density at radius 2 is 1.59 bits per heavy atom. The maximum absolute atomic E-state index is 12.5. The topological polar surface area (TPSA) is 258 Å². The fourth-order valence-corrected chi connectivity index (χ4v) is 2.57. The number of amides is 4. The molecule has 0 saturated carbocycles. The van der Waals surface area contributed by atoms with Gasteiger partial charge in [-0.3, -0.25) is 24.2 Å². The van der Waals surface area contributed by atoms with E-state index in [4.69, 9.17) is 28.0 Å². The molecule has 0 aromatic heterocycles. The van der Waals surface area contributed by atoms with Crippen molar-refractivity contribution in [2.24, 2.45) is 33.8 Å². The monoisotopic (exact) mass is 458 g/mol. The largest absolute Gasteiger partial charge is 0.480 e. The first-order valence-corrected chi connectivity index (χ1v) is 10.0. The highest BCUT2D eigenvalue weighted by atomic mass is 16.4. The number of nitrogens with two attached hydrogens (primary N) is 4. The van der Waals surface area contributed by atoms with Crippen molar-refractivity contribution in [1.82, 2.24) is 16.0 Å². The predicted molar refractivity (Wildman–Crippen MR) is 116 cm³/mol. The van der Waals surface area contributed by atoms with Crippen LogP contribution in [0.4, 0.5) is 0 Å². The molecule has 0 rings (SSSR count). The number of rotatable bonds is 15. The Labute approximate surface area is 185 Å². The van der Waals surface area contributed by atoms with Crippen LogP contribution < -0.4 is 38.9 Å². The highest BCUT2D eigenvalue weighted by Gasteiger charge is 2.28. The number of carboxylic acid groups (broad SMARTS) is 1. The van der Waals surface area contributed by atoms with E-state index in [2.05, 4.69) is 20.9 Å². The first kappa shape index (κ1) is 28.6. The van der Waals surface area contributed by atoms with E-state index in [1.807, 2.05) is 0 Å². The van der Waals surface area contributed by atoms with E-state index >= 15 is 0 Å². The number of carbonyl (C=O) groups is 5. The Bertz CT molecular complexity index is 708. The van der Waals surface area contributed by atoms with E-state index in [0.717, 1.165) is 0 Å². The fourth-order valence-electron chi connectivity index (χ4n) is 2.57. The van der Waals surface area contributed by atoms with Crippen LogP contribution in [-0.4, -0.2) is 71.9 Å². The van der Waals surface area contributed by atoms with Crippen molar-refractivity contribution in [3.05, 3.63) is 0 Å². The average Bonchev–Trinajstić information content (AvgIpc) is 2.67. The summed E-state index contributed by atoms with van der Waals surface area (Å²) < 4.78 is 0. The van der Waals surface area contributed by atoms with Gasteiger partial charge >= 0.3 is 5.97 Å². The second-order valence-electron chi connectivity index (χ2n) is 7.59. The Kier molecular flexibility index (Phi) is 13.0. The van der Waals surface area contributed by atoms with Crippen LogP contribution in [0.25, 0.3) is 0 Å². The number of carbonyl (C=O) groups excluding carboxylic acids is 4. The molecule has 0 aromatic rings. The molecule has 0 aliphatic heterocycles. The number of nitrogens with one attached hydrogen (secondary N) is 3. The Morgan fingerprint density at radius 3 is 2.09 bits per heavy atom. The zero-order valence-corrected chi connectivity index (χ0v) is 18.3. The SMILES string of the molecule is CC(C)CC(NC(=O)CNC(=O)C(N)CCCN=C(N)N)C(=O)NC(CC(N)=O)C(=O)O. The van der Waals surface area contributed by atoms with Crippen LogP contribution >= 0.6 is 0 Å². The third-order valence-electron chi connectivity index (χ3n) is 4.11. The van der Waals surface area contributed by atoms with Gasteiger partial charge in [0.25, 0.3) is 0 Å². The molecule has 0 bridgehead atoms. The van der Waals surface area contributed by atoms with Crippen LogP contribution in [0.1, 0.15) is 39.5 Å². The summed E-state index contributed by atoms with van der Waals surface area (Å²) in [5, 5.41) is 16.1. The van der Waals surface area contributed by atoms with Crippen molar-refractivity contribution in [1.29, 1.82) is 0 Å². The summed E-state index contributed by atoms with van der Waals surface area (Å²) in [6, 6.07) is -3.48. The van der Waals surface area contributed by atoms with Crippen molar-refractivity contribution in [2.75, 3.05) is 13.1 Å². The van der Waals surface area contributed by atoms with Gasteiger partial charge in [0.05, 0.1) is 19.0 Å². The van der Waals surface area contributed by atoms with Gasteiger partial charge in [-0.15, -0.1) is 0 Å². The first-order valence-electron chi connectivity index (χ1n) is 10.0. The summed E-state index contributed by atoms with van der Waals surface area (Å²) in [7, 11) is 0. The Morgan fingerprint density at radius 1 is 0.969 bits per heavy atom. The third kappa shape index (κ3) is 13.0. The lowest BCUT2D eigenvalue weighted by atomic mass is 10.0. The van der Waals surface area contributed by atoms with Crippen molar-refractivity contribution in [3.63, 3.8) is 0 Å². The number of hydrogen-bond donors (Lipinski definition) is 8. The zero-order chi connectivity index (χ0) is 24.8. The van der Waals surface area contributed by atoms with Crippen molar-refractivity contribution >= 4 is 35.6 Å². The van der Waals surface area contributed by atoms with Gasteiger partial charge in [0.1, 0.15) is 12.1 Å². The molecule has 0 radical (unpaired) electrons. The molecule has 4 amide bonds. The second-order valence-corrected chi connectivity index (χ2v) is 7.59. The molecule has 0 spiro atoms. The van der Waals surface area contributed by atoms with Gasteiger partial charge < -0.3 is 44.0 Å². The number of aliphatic imine (C=N–C) groups is 1. The first-order chi connectivity index (χ1) is 14.8. The molecule has 0 saturated heterocycles. The van der Waals surface area contributed by atoms with E-state index < -0.39 is 60.7 Å². The van der Waals surface area contributed by atoms with Gasteiger partial charge in [-0.1, -0.05) is 13.8 Å². The summed E-state index contributed by atoms with van der Waals surface area (Å²) in [6.07, 6.45) is 0.351. The molecular formula is C18H34N8O6. The van der Waals surface area contributed by atoms with E-state index in [0.29, 0.717) is 19.4 Å². The second kappa shape index (κ2) is 14.6. The fraction of sp³-hybridized carbons (Fsp3) is 0.667. The van der Waals surface area contributed by atoms with Crippen LogP contribution in [0, 0.1) is 5.92 Å². The smallest absolute Gasteiger partial charge is 0.326 e. The Hall–Kier alpha value is -3.42. The summed E-state index contributed by atoms with van der Waals surface area (Å²) in [4.78, 5) is 62.7. The van der Waals surface area contributed by atoms with Gasteiger partial charge in [0.15, 0.2) is 5.96 Å². The van der Waals surface area contributed by atoms with Gasteiger partial charge in [-0.25, -0.2) is 4.79 Å². The molecule has 0 aliphatic rings. The van der Waals surface area contributed by atoms with Crippen molar-refractivity contribution < 1.29 is 29.1 Å². The molecule has 0 heterocycles. The lowest BCUT2D eigenvalue weighted by Crippen LogP contribution is -2.54. The highest BCUT2D eigenvalue weighted by Crippen LogP contribution is 2.06. The number of carboxylic acids is 1. The molecule has 14 heteroatoms. The van der Waals surface area contributed by atoms with Crippen LogP contribution in [0.3, 0.4) is 0 Å². The average molecular weight is 459 g/mol. The standard InChI is InChI=1S/C18H34N8O6/c1-9(2)6-11(16(30)26-12(17(31)32)7-13(20)27)25-14(28)8-24-15(29)10(19)4-3-5-23-18(21)22/h9-12H,3-8,19H2,1-2H3,(H2,20,27)(H,24,29)(H,25,28)(H,26,30)(H,31,32)(H4,21,22,23). The lowest BCUT2D eigenvalue weighted by molar-refractivity contribution is -0.143. The summed E-state index contributed by atoms with van der Waals surface area (Å²) in [5.74, 6) is -4.46. The third-order valence-corrected chi connectivity index (χ3v) is 4.11. The molecule has 3 unspecified atom stereocenters. The van der Waals surface area contributed by atoms with Crippen LogP contribution in [0.5, 0.6) is 0 Å². The van der Waals surface area contributed by atoms with Gasteiger partial charge in [-0.05, 0) is 25.2 Å². The van der Waals surface area contributed by atoms with Gasteiger partial charge in [0.2, 0.25) is 23.6 Å². The minimum absolute atomic E-state index is 0.0290. The quantitative estimate of drug-likeness (QED) is 0.0685. The number of nitrogens with zero attached hydrogens (tertiary/aromatic N) is 1.